The average molecular weight is 179 g/mol. The summed E-state index contributed by atoms with van der Waals surface area (Å²) < 4.78 is 0. The minimum Gasteiger partial charge on any atom is -0.304 e. The van der Waals surface area contributed by atoms with E-state index in [1.165, 1.54) is 31.8 Å². The molecule has 0 aromatic heterocycles. The molecule has 72 valence electrons. The van der Waals surface area contributed by atoms with Crippen molar-refractivity contribution in [3.63, 3.8) is 0 Å². The van der Waals surface area contributed by atoms with Crippen LogP contribution in [0.15, 0.2) is 12.7 Å². The summed E-state index contributed by atoms with van der Waals surface area (Å²) in [7, 11) is 0. The van der Waals surface area contributed by atoms with E-state index in [4.69, 9.17) is 0 Å². The molecule has 2 fully saturated rings. The molecule has 1 aliphatic heterocycles. The molecule has 13 heavy (non-hydrogen) atoms. The molecule has 0 amide bonds. The highest BCUT2D eigenvalue weighted by atomic mass is 16.1. The summed E-state index contributed by atoms with van der Waals surface area (Å²) in [5.74, 6) is 0.928. The maximum Gasteiger partial charge on any atom is 0.171 e. The number of rotatable bonds is 2. The van der Waals surface area contributed by atoms with Gasteiger partial charge in [0.25, 0.3) is 0 Å². The smallest absolute Gasteiger partial charge is 0.171 e. The van der Waals surface area contributed by atoms with Gasteiger partial charge in [-0.1, -0.05) is 19.4 Å². The molecule has 1 N–H and O–H groups in total. The van der Waals surface area contributed by atoms with Crippen LogP contribution in [-0.4, -0.2) is 17.9 Å². The molecular weight excluding hydrogens is 162 g/mol. The van der Waals surface area contributed by atoms with E-state index in [9.17, 15) is 4.79 Å². The second kappa shape index (κ2) is 3.62. The Morgan fingerprint density at radius 1 is 1.38 bits per heavy atom. The number of carbonyl (C=O) groups excluding carboxylic acids is 1. The molecule has 2 heteroatoms. The third kappa shape index (κ3) is 1.68. The van der Waals surface area contributed by atoms with E-state index < -0.39 is 0 Å². The monoisotopic (exact) mass is 179 g/mol. The van der Waals surface area contributed by atoms with Crippen molar-refractivity contribution < 1.29 is 4.79 Å². The SMILES string of the molecule is C=CC(=O)C1CC2CCCCC2N1. The third-order valence-corrected chi connectivity index (χ3v) is 3.41. The van der Waals surface area contributed by atoms with Gasteiger partial charge in [0.05, 0.1) is 6.04 Å². The van der Waals surface area contributed by atoms with Crippen molar-refractivity contribution in [3.8, 4) is 0 Å². The van der Waals surface area contributed by atoms with Crippen LogP contribution >= 0.6 is 0 Å². The zero-order valence-corrected chi connectivity index (χ0v) is 7.96. The van der Waals surface area contributed by atoms with Crippen LogP contribution in [0.5, 0.6) is 0 Å². The molecule has 0 spiro atoms. The fourth-order valence-electron chi connectivity index (χ4n) is 2.68. The van der Waals surface area contributed by atoms with Crippen LogP contribution in [-0.2, 0) is 4.79 Å². The molecule has 0 radical (unpaired) electrons. The lowest BCUT2D eigenvalue weighted by Crippen LogP contribution is -2.36. The van der Waals surface area contributed by atoms with E-state index in [-0.39, 0.29) is 11.8 Å². The van der Waals surface area contributed by atoms with Crippen molar-refractivity contribution >= 4 is 5.78 Å². The standard InChI is InChI=1S/C11H17NO/c1-2-11(13)10-7-8-5-3-4-6-9(8)12-10/h2,8-10,12H,1,3-7H2. The quantitative estimate of drug-likeness (QED) is 0.653. The Morgan fingerprint density at radius 3 is 2.85 bits per heavy atom. The zero-order chi connectivity index (χ0) is 9.26. The van der Waals surface area contributed by atoms with Gasteiger partial charge in [0.1, 0.15) is 0 Å². The maximum absolute atomic E-state index is 11.4. The first-order valence-electron chi connectivity index (χ1n) is 5.23. The Morgan fingerprint density at radius 2 is 2.15 bits per heavy atom. The van der Waals surface area contributed by atoms with E-state index in [2.05, 4.69) is 11.9 Å². The minimum atomic E-state index is 0.0746. The minimum absolute atomic E-state index is 0.0746. The van der Waals surface area contributed by atoms with Crippen LogP contribution in [0.3, 0.4) is 0 Å². The maximum atomic E-state index is 11.4. The largest absolute Gasteiger partial charge is 0.304 e. The van der Waals surface area contributed by atoms with Gasteiger partial charge in [-0.05, 0) is 31.3 Å². The Kier molecular flexibility index (Phi) is 2.49. The van der Waals surface area contributed by atoms with Gasteiger partial charge in [-0.25, -0.2) is 0 Å². The summed E-state index contributed by atoms with van der Waals surface area (Å²) in [6.45, 7) is 3.53. The molecule has 1 saturated carbocycles. The van der Waals surface area contributed by atoms with Gasteiger partial charge < -0.3 is 5.32 Å². The Balaban J connectivity index is 1.98. The van der Waals surface area contributed by atoms with Crippen LogP contribution in [0.2, 0.25) is 0 Å². The average Bonchev–Trinajstić information content (AvgIpc) is 2.59. The van der Waals surface area contributed by atoms with E-state index in [0.717, 1.165) is 12.3 Å². The lowest BCUT2D eigenvalue weighted by Gasteiger charge is -2.24. The van der Waals surface area contributed by atoms with Crippen LogP contribution in [0.1, 0.15) is 32.1 Å². The molecule has 1 heterocycles. The van der Waals surface area contributed by atoms with Crippen molar-refractivity contribution in [3.05, 3.63) is 12.7 Å². The molecule has 0 bridgehead atoms. The van der Waals surface area contributed by atoms with E-state index >= 15 is 0 Å². The number of hydrogen-bond acceptors (Lipinski definition) is 2. The number of fused-ring (bicyclic) bond motifs is 1. The summed E-state index contributed by atoms with van der Waals surface area (Å²) >= 11 is 0. The number of nitrogens with one attached hydrogen (secondary N) is 1. The van der Waals surface area contributed by atoms with Gasteiger partial charge in [0.15, 0.2) is 5.78 Å². The van der Waals surface area contributed by atoms with Gasteiger partial charge in [-0.15, -0.1) is 0 Å². The van der Waals surface area contributed by atoms with Gasteiger partial charge in [-0.2, -0.15) is 0 Å². The highest BCUT2D eigenvalue weighted by molar-refractivity contribution is 5.94. The molecule has 2 aliphatic rings. The molecule has 1 aliphatic carbocycles. The molecule has 0 aromatic rings. The first kappa shape index (κ1) is 8.95. The van der Waals surface area contributed by atoms with Gasteiger partial charge in [0, 0.05) is 6.04 Å². The summed E-state index contributed by atoms with van der Waals surface area (Å²) in [4.78, 5) is 11.4. The van der Waals surface area contributed by atoms with Crippen molar-refractivity contribution in [2.75, 3.05) is 0 Å². The van der Waals surface area contributed by atoms with Crippen LogP contribution in [0, 0.1) is 5.92 Å². The second-order valence-corrected chi connectivity index (χ2v) is 4.21. The Bertz CT molecular complexity index is 210. The molecule has 1 saturated heterocycles. The molecule has 2 nitrogen and oxygen atoms in total. The number of carbonyl (C=O) groups is 1. The fourth-order valence-corrected chi connectivity index (χ4v) is 2.68. The van der Waals surface area contributed by atoms with Gasteiger partial charge >= 0.3 is 0 Å². The van der Waals surface area contributed by atoms with Crippen molar-refractivity contribution in [1.29, 1.82) is 0 Å². The summed E-state index contributed by atoms with van der Waals surface area (Å²) in [5, 5.41) is 3.42. The van der Waals surface area contributed by atoms with E-state index in [1.54, 1.807) is 0 Å². The first-order valence-corrected chi connectivity index (χ1v) is 5.23. The first-order chi connectivity index (χ1) is 6.31. The van der Waals surface area contributed by atoms with E-state index in [1.807, 2.05) is 0 Å². The molecule has 0 aromatic carbocycles. The van der Waals surface area contributed by atoms with Crippen LogP contribution < -0.4 is 5.32 Å². The van der Waals surface area contributed by atoms with Crippen molar-refractivity contribution in [2.45, 2.75) is 44.2 Å². The molecule has 3 unspecified atom stereocenters. The second-order valence-electron chi connectivity index (χ2n) is 4.21. The molecule has 2 rings (SSSR count). The Labute approximate surface area is 79.4 Å². The van der Waals surface area contributed by atoms with Gasteiger partial charge in [0.2, 0.25) is 0 Å². The molecule has 3 atom stereocenters. The van der Waals surface area contributed by atoms with Crippen LogP contribution in [0.4, 0.5) is 0 Å². The summed E-state index contributed by atoms with van der Waals surface area (Å²) in [6.07, 6.45) is 7.72. The highest BCUT2D eigenvalue weighted by Crippen LogP contribution is 2.33. The van der Waals surface area contributed by atoms with Crippen LogP contribution in [0.25, 0.3) is 0 Å². The lowest BCUT2D eigenvalue weighted by molar-refractivity contribution is -0.116. The highest BCUT2D eigenvalue weighted by Gasteiger charge is 2.36. The summed E-state index contributed by atoms with van der Waals surface area (Å²) in [5.41, 5.74) is 0. The summed E-state index contributed by atoms with van der Waals surface area (Å²) in [6, 6.07) is 0.688. The Hall–Kier alpha value is -0.630. The normalized spacial score (nSPS) is 38.3. The van der Waals surface area contributed by atoms with Crippen molar-refractivity contribution in [2.24, 2.45) is 5.92 Å². The predicted octanol–water partition coefficient (Wildman–Crippen LogP) is 1.66. The molecular formula is C11H17NO. The fraction of sp³-hybridized carbons (Fsp3) is 0.727. The number of ketones is 1. The third-order valence-electron chi connectivity index (χ3n) is 3.41. The lowest BCUT2D eigenvalue weighted by atomic mass is 9.85. The number of hydrogen-bond donors (Lipinski definition) is 1. The predicted molar refractivity (Wildman–Crippen MR) is 52.5 cm³/mol. The van der Waals surface area contributed by atoms with E-state index in [0.29, 0.717) is 6.04 Å². The van der Waals surface area contributed by atoms with Gasteiger partial charge in [-0.3, -0.25) is 4.79 Å². The van der Waals surface area contributed by atoms with Crippen molar-refractivity contribution in [1.82, 2.24) is 5.32 Å². The topological polar surface area (TPSA) is 29.1 Å². The zero-order valence-electron chi connectivity index (χ0n) is 7.96.